The Morgan fingerprint density at radius 1 is 0.857 bits per heavy atom. The van der Waals surface area contributed by atoms with E-state index in [9.17, 15) is 0 Å². The van der Waals surface area contributed by atoms with Crippen LogP contribution in [0.1, 0.15) is 19.4 Å². The van der Waals surface area contributed by atoms with Crippen LogP contribution in [-0.2, 0) is 0 Å². The molecule has 28 heavy (non-hydrogen) atoms. The summed E-state index contributed by atoms with van der Waals surface area (Å²) >= 11 is 1.85. The Morgan fingerprint density at radius 3 is 2.29 bits per heavy atom. The highest BCUT2D eigenvalue weighted by Crippen LogP contribution is 2.38. The Hall–Kier alpha value is -3.10. The number of rotatable bonds is 4. The summed E-state index contributed by atoms with van der Waals surface area (Å²) in [6, 6.07) is 23.7. The number of hydrogen-bond acceptors (Lipinski definition) is 2. The molecular formula is C26H25NS. The van der Waals surface area contributed by atoms with E-state index in [1.165, 1.54) is 31.3 Å². The molecular weight excluding hydrogens is 358 g/mol. The largest absolute Gasteiger partial charge is 0.354 e. The number of allylic oxidation sites excluding steroid dienone is 4. The monoisotopic (exact) mass is 383 g/mol. The van der Waals surface area contributed by atoms with Crippen LogP contribution in [0.25, 0.3) is 25.7 Å². The number of nitrogens with one attached hydrogen (secondary N) is 1. The van der Waals surface area contributed by atoms with Crippen molar-refractivity contribution in [2.45, 2.75) is 13.8 Å². The van der Waals surface area contributed by atoms with Crippen LogP contribution in [0, 0.1) is 0 Å². The summed E-state index contributed by atoms with van der Waals surface area (Å²) in [7, 11) is 0. The molecule has 0 aliphatic rings. The lowest BCUT2D eigenvalue weighted by Crippen LogP contribution is -1.90. The van der Waals surface area contributed by atoms with Crippen LogP contribution in [0.5, 0.6) is 0 Å². The van der Waals surface area contributed by atoms with Crippen molar-refractivity contribution in [3.05, 3.63) is 104 Å². The van der Waals surface area contributed by atoms with Gasteiger partial charge in [0.2, 0.25) is 0 Å². The molecule has 140 valence electrons. The Balaban J connectivity index is 0.00000109. The molecule has 0 saturated heterocycles. The zero-order valence-electron chi connectivity index (χ0n) is 16.4. The third kappa shape index (κ3) is 3.92. The van der Waals surface area contributed by atoms with Crippen LogP contribution in [0.4, 0.5) is 11.4 Å². The van der Waals surface area contributed by atoms with Crippen molar-refractivity contribution in [3.8, 4) is 0 Å². The maximum Gasteiger partial charge on any atom is 0.0590 e. The topological polar surface area (TPSA) is 12.0 Å². The first-order valence-corrected chi connectivity index (χ1v) is 10.2. The molecule has 0 amide bonds. The van der Waals surface area contributed by atoms with Crippen molar-refractivity contribution in [1.29, 1.82) is 0 Å². The molecule has 0 fully saturated rings. The molecule has 1 aromatic heterocycles. The van der Waals surface area contributed by atoms with Crippen LogP contribution in [0.3, 0.4) is 0 Å². The predicted molar refractivity (Wildman–Crippen MR) is 129 cm³/mol. The van der Waals surface area contributed by atoms with Gasteiger partial charge in [0.15, 0.2) is 0 Å². The smallest absolute Gasteiger partial charge is 0.0590 e. The van der Waals surface area contributed by atoms with Gasteiger partial charge in [-0.15, -0.1) is 24.5 Å². The van der Waals surface area contributed by atoms with Crippen LogP contribution in [0.15, 0.2) is 98.1 Å². The molecule has 0 atom stereocenters. The lowest BCUT2D eigenvalue weighted by atomic mass is 10.0. The average Bonchev–Trinajstić information content (AvgIpc) is 3.14. The molecule has 1 N–H and O–H groups in total. The highest BCUT2D eigenvalue weighted by atomic mass is 32.1. The minimum absolute atomic E-state index is 1.11. The zero-order chi connectivity index (χ0) is 19.9. The van der Waals surface area contributed by atoms with Gasteiger partial charge >= 0.3 is 0 Å². The quantitative estimate of drug-likeness (QED) is 0.275. The van der Waals surface area contributed by atoms with Crippen LogP contribution >= 0.6 is 11.3 Å². The number of benzene rings is 3. The number of fused-ring (bicyclic) bond motifs is 3. The van der Waals surface area contributed by atoms with Crippen molar-refractivity contribution in [2.75, 3.05) is 5.32 Å². The number of anilines is 2. The summed E-state index contributed by atoms with van der Waals surface area (Å²) in [6.07, 6.45) is 6.35. The van der Waals surface area contributed by atoms with Crippen molar-refractivity contribution >= 4 is 48.5 Å². The molecule has 4 aromatic rings. The normalized spacial score (nSPS) is 11.6. The first kappa shape index (κ1) is 19.7. The molecule has 4 rings (SSSR count). The fraction of sp³-hybridized carbons (Fsp3) is 0.0769. The van der Waals surface area contributed by atoms with Gasteiger partial charge in [-0.3, -0.25) is 0 Å². The molecule has 0 radical (unpaired) electrons. The van der Waals surface area contributed by atoms with Crippen molar-refractivity contribution in [1.82, 2.24) is 0 Å². The van der Waals surface area contributed by atoms with E-state index in [2.05, 4.69) is 110 Å². The molecule has 0 aliphatic carbocycles. The second-order valence-electron chi connectivity index (χ2n) is 6.23. The van der Waals surface area contributed by atoms with Crippen LogP contribution in [-0.4, -0.2) is 0 Å². The van der Waals surface area contributed by atoms with Gasteiger partial charge in [-0.2, -0.15) is 0 Å². The summed E-state index contributed by atoms with van der Waals surface area (Å²) in [5.41, 5.74) is 4.74. The van der Waals surface area contributed by atoms with Gasteiger partial charge < -0.3 is 5.32 Å². The zero-order valence-corrected chi connectivity index (χ0v) is 17.2. The summed E-state index contributed by atoms with van der Waals surface area (Å²) in [5, 5.41) is 6.24. The van der Waals surface area contributed by atoms with Crippen molar-refractivity contribution < 1.29 is 0 Å². The van der Waals surface area contributed by atoms with Gasteiger partial charge in [0.25, 0.3) is 0 Å². The lowest BCUT2D eigenvalue weighted by molar-refractivity contribution is 1.54. The van der Waals surface area contributed by atoms with Gasteiger partial charge in [0, 0.05) is 21.2 Å². The van der Waals surface area contributed by atoms with E-state index in [-0.39, 0.29) is 0 Å². The molecule has 0 aliphatic heterocycles. The standard InChI is InChI=1S/C24H21NS.C2H4/c1-3-8-17(4-2)18-13-15-19(16-14-18)25-22-11-7-10-21-20-9-5-6-12-23(20)26-24(21)22;1-2/h3-16,25H,1-2H3;1-2H2/b8-3-,17-4+;. The molecule has 0 unspecified atom stereocenters. The van der Waals surface area contributed by atoms with Crippen molar-refractivity contribution in [2.24, 2.45) is 0 Å². The Bertz CT molecular complexity index is 1130. The van der Waals surface area contributed by atoms with Crippen LogP contribution in [0.2, 0.25) is 0 Å². The Labute approximate surface area is 171 Å². The molecule has 2 heteroatoms. The minimum Gasteiger partial charge on any atom is -0.354 e. The second-order valence-corrected chi connectivity index (χ2v) is 7.28. The maximum absolute atomic E-state index is 3.60. The SMILES string of the molecule is C/C=C\C(=C/C)c1ccc(Nc2cccc3c2sc2ccccc23)cc1.C=C. The number of hydrogen-bond donors (Lipinski definition) is 1. The first-order chi connectivity index (χ1) is 13.8. The first-order valence-electron chi connectivity index (χ1n) is 9.37. The maximum atomic E-state index is 3.60. The summed E-state index contributed by atoms with van der Waals surface area (Å²) < 4.78 is 2.64. The van der Waals surface area contributed by atoms with Gasteiger partial charge in [-0.25, -0.2) is 0 Å². The highest BCUT2D eigenvalue weighted by Gasteiger charge is 2.08. The number of thiophene rings is 1. The summed E-state index contributed by atoms with van der Waals surface area (Å²) in [4.78, 5) is 0. The lowest BCUT2D eigenvalue weighted by Gasteiger charge is -2.09. The van der Waals surface area contributed by atoms with E-state index < -0.39 is 0 Å². The van der Waals surface area contributed by atoms with E-state index in [0.29, 0.717) is 0 Å². The third-order valence-electron chi connectivity index (χ3n) is 4.56. The predicted octanol–water partition coefficient (Wildman–Crippen LogP) is 8.58. The van der Waals surface area contributed by atoms with Crippen molar-refractivity contribution in [3.63, 3.8) is 0 Å². The van der Waals surface area contributed by atoms with E-state index in [0.717, 1.165) is 11.4 Å². The molecule has 1 heterocycles. The molecule has 1 nitrogen and oxygen atoms in total. The fourth-order valence-corrected chi connectivity index (χ4v) is 4.46. The average molecular weight is 384 g/mol. The molecule has 0 bridgehead atoms. The van der Waals surface area contributed by atoms with E-state index in [1.807, 2.05) is 18.3 Å². The fourth-order valence-electron chi connectivity index (χ4n) is 3.29. The third-order valence-corrected chi connectivity index (χ3v) is 5.78. The molecule has 0 spiro atoms. The van der Waals surface area contributed by atoms with E-state index >= 15 is 0 Å². The van der Waals surface area contributed by atoms with Crippen LogP contribution < -0.4 is 5.32 Å². The van der Waals surface area contributed by atoms with E-state index in [1.54, 1.807) is 0 Å². The minimum atomic E-state index is 1.11. The second kappa shape index (κ2) is 9.20. The summed E-state index contributed by atoms with van der Waals surface area (Å²) in [5.74, 6) is 0. The van der Waals surface area contributed by atoms with Gasteiger partial charge in [-0.1, -0.05) is 60.7 Å². The van der Waals surface area contributed by atoms with E-state index in [4.69, 9.17) is 0 Å². The molecule has 3 aromatic carbocycles. The van der Waals surface area contributed by atoms with Gasteiger partial charge in [-0.05, 0) is 49.2 Å². The van der Waals surface area contributed by atoms with Gasteiger partial charge in [0.1, 0.15) is 0 Å². The highest BCUT2D eigenvalue weighted by molar-refractivity contribution is 7.26. The molecule has 0 saturated carbocycles. The Kier molecular flexibility index (Phi) is 6.46. The van der Waals surface area contributed by atoms with Gasteiger partial charge in [0.05, 0.1) is 10.4 Å². The summed E-state index contributed by atoms with van der Waals surface area (Å²) in [6.45, 7) is 10.1. The Morgan fingerprint density at radius 2 is 1.57 bits per heavy atom.